The molecular weight excluding hydrogens is 239 g/mol. The highest BCUT2D eigenvalue weighted by Gasteiger charge is 2.36. The summed E-state index contributed by atoms with van der Waals surface area (Å²) in [6.45, 7) is 8.35. The van der Waals surface area contributed by atoms with Crippen LogP contribution in [0.4, 0.5) is 4.39 Å². The molecule has 1 aliphatic heterocycles. The number of halogens is 1. The van der Waals surface area contributed by atoms with E-state index in [1.54, 1.807) is 6.07 Å². The Hall–Kier alpha value is -0.930. The number of nitrogens with one attached hydrogen (secondary N) is 1. The molecule has 106 valence electrons. The number of rotatable bonds is 4. The minimum Gasteiger partial charge on any atom is -0.319 e. The standard InChI is InChI=1S/C16H25FN2/c1-11(2)19-8-7-14(10-18-4)16(19)13-6-5-12(3)15(17)9-13/h5-6,9,11,14,16,18H,7-8,10H2,1-4H3. The number of hydrogen-bond acceptors (Lipinski definition) is 2. The highest BCUT2D eigenvalue weighted by Crippen LogP contribution is 2.38. The summed E-state index contributed by atoms with van der Waals surface area (Å²) in [5, 5.41) is 3.27. The summed E-state index contributed by atoms with van der Waals surface area (Å²) in [4.78, 5) is 2.49. The SMILES string of the molecule is CNCC1CCN(C(C)C)C1c1ccc(C)c(F)c1. The lowest BCUT2D eigenvalue weighted by molar-refractivity contribution is 0.182. The lowest BCUT2D eigenvalue weighted by Gasteiger charge is -2.32. The smallest absolute Gasteiger partial charge is 0.126 e. The van der Waals surface area contributed by atoms with E-state index in [0.29, 0.717) is 18.0 Å². The van der Waals surface area contributed by atoms with Gasteiger partial charge in [0.25, 0.3) is 0 Å². The lowest BCUT2D eigenvalue weighted by Crippen LogP contribution is -2.34. The Morgan fingerprint density at radius 2 is 2.16 bits per heavy atom. The van der Waals surface area contributed by atoms with Crippen LogP contribution < -0.4 is 5.32 Å². The van der Waals surface area contributed by atoms with Gasteiger partial charge in [0, 0.05) is 12.1 Å². The van der Waals surface area contributed by atoms with Crippen molar-refractivity contribution in [2.24, 2.45) is 5.92 Å². The van der Waals surface area contributed by atoms with Crippen molar-refractivity contribution < 1.29 is 4.39 Å². The summed E-state index contributed by atoms with van der Waals surface area (Å²) >= 11 is 0. The molecule has 0 bridgehead atoms. The van der Waals surface area contributed by atoms with Crippen LogP contribution in [0, 0.1) is 18.7 Å². The van der Waals surface area contributed by atoms with Crippen LogP contribution in [0.25, 0.3) is 0 Å². The van der Waals surface area contributed by atoms with Crippen molar-refractivity contribution in [1.82, 2.24) is 10.2 Å². The van der Waals surface area contributed by atoms with E-state index < -0.39 is 0 Å². The molecule has 2 atom stereocenters. The quantitative estimate of drug-likeness (QED) is 0.899. The molecule has 1 aliphatic rings. The van der Waals surface area contributed by atoms with Crippen LogP contribution in [0.3, 0.4) is 0 Å². The monoisotopic (exact) mass is 264 g/mol. The molecule has 1 fully saturated rings. The van der Waals surface area contributed by atoms with Gasteiger partial charge in [0.2, 0.25) is 0 Å². The van der Waals surface area contributed by atoms with E-state index in [1.165, 1.54) is 6.42 Å². The first-order chi connectivity index (χ1) is 9.04. The van der Waals surface area contributed by atoms with E-state index in [9.17, 15) is 4.39 Å². The van der Waals surface area contributed by atoms with Crippen molar-refractivity contribution in [3.8, 4) is 0 Å². The van der Waals surface area contributed by atoms with Crippen LogP contribution in [-0.4, -0.2) is 31.1 Å². The van der Waals surface area contributed by atoms with Gasteiger partial charge in [-0.05, 0) is 70.4 Å². The van der Waals surface area contributed by atoms with Crippen LogP contribution in [0.5, 0.6) is 0 Å². The summed E-state index contributed by atoms with van der Waals surface area (Å²) < 4.78 is 13.8. The van der Waals surface area contributed by atoms with Crippen molar-refractivity contribution in [3.63, 3.8) is 0 Å². The maximum Gasteiger partial charge on any atom is 0.126 e. The molecule has 1 aromatic carbocycles. The zero-order valence-corrected chi connectivity index (χ0v) is 12.4. The first kappa shape index (κ1) is 14.5. The van der Waals surface area contributed by atoms with Crippen molar-refractivity contribution in [1.29, 1.82) is 0 Å². The van der Waals surface area contributed by atoms with Gasteiger partial charge in [-0.25, -0.2) is 4.39 Å². The van der Waals surface area contributed by atoms with Crippen LogP contribution in [0.15, 0.2) is 18.2 Å². The van der Waals surface area contributed by atoms with Gasteiger partial charge in [0.15, 0.2) is 0 Å². The Morgan fingerprint density at radius 3 is 2.74 bits per heavy atom. The van der Waals surface area contributed by atoms with Gasteiger partial charge in [0.1, 0.15) is 5.82 Å². The fraction of sp³-hybridized carbons (Fsp3) is 0.625. The summed E-state index contributed by atoms with van der Waals surface area (Å²) in [5.41, 5.74) is 1.84. The second-order valence-electron chi connectivity index (χ2n) is 5.89. The van der Waals surface area contributed by atoms with E-state index >= 15 is 0 Å². The zero-order valence-electron chi connectivity index (χ0n) is 12.4. The van der Waals surface area contributed by atoms with Crippen molar-refractivity contribution in [2.45, 2.75) is 39.3 Å². The maximum absolute atomic E-state index is 13.8. The van der Waals surface area contributed by atoms with E-state index in [0.717, 1.165) is 24.2 Å². The number of benzene rings is 1. The third kappa shape index (κ3) is 2.98. The van der Waals surface area contributed by atoms with Gasteiger partial charge < -0.3 is 5.32 Å². The fourth-order valence-corrected chi connectivity index (χ4v) is 3.19. The van der Waals surface area contributed by atoms with E-state index in [-0.39, 0.29) is 5.82 Å². The molecule has 0 aliphatic carbocycles. The molecule has 2 unspecified atom stereocenters. The maximum atomic E-state index is 13.8. The molecule has 1 N–H and O–H groups in total. The lowest BCUT2D eigenvalue weighted by atomic mass is 9.92. The summed E-state index contributed by atoms with van der Waals surface area (Å²) in [7, 11) is 1.99. The molecule has 2 rings (SSSR count). The average Bonchev–Trinajstić information content (AvgIpc) is 2.77. The highest BCUT2D eigenvalue weighted by atomic mass is 19.1. The van der Waals surface area contributed by atoms with Gasteiger partial charge in [-0.1, -0.05) is 12.1 Å². The molecule has 2 nitrogen and oxygen atoms in total. The highest BCUT2D eigenvalue weighted by molar-refractivity contribution is 5.27. The molecule has 1 saturated heterocycles. The zero-order chi connectivity index (χ0) is 14.0. The number of nitrogens with zero attached hydrogens (tertiary/aromatic N) is 1. The predicted octanol–water partition coefficient (Wildman–Crippen LogP) is 3.12. The first-order valence-corrected chi connectivity index (χ1v) is 7.21. The third-order valence-corrected chi connectivity index (χ3v) is 4.23. The number of aryl methyl sites for hydroxylation is 1. The first-order valence-electron chi connectivity index (χ1n) is 7.21. The normalized spacial score (nSPS) is 24.3. The third-order valence-electron chi connectivity index (χ3n) is 4.23. The minimum absolute atomic E-state index is 0.0867. The Bertz CT molecular complexity index is 431. The Balaban J connectivity index is 2.31. The largest absolute Gasteiger partial charge is 0.319 e. The Morgan fingerprint density at radius 1 is 1.42 bits per heavy atom. The molecule has 0 saturated carbocycles. The van der Waals surface area contributed by atoms with Gasteiger partial charge in [0.05, 0.1) is 0 Å². The van der Waals surface area contributed by atoms with Crippen molar-refractivity contribution in [3.05, 3.63) is 35.1 Å². The topological polar surface area (TPSA) is 15.3 Å². The van der Waals surface area contributed by atoms with E-state index in [1.807, 2.05) is 20.0 Å². The molecule has 0 aromatic heterocycles. The second-order valence-corrected chi connectivity index (χ2v) is 5.89. The van der Waals surface area contributed by atoms with Crippen LogP contribution in [-0.2, 0) is 0 Å². The summed E-state index contributed by atoms with van der Waals surface area (Å²) in [6.07, 6.45) is 1.18. The molecule has 0 radical (unpaired) electrons. The van der Waals surface area contributed by atoms with Crippen molar-refractivity contribution >= 4 is 0 Å². The summed E-state index contributed by atoms with van der Waals surface area (Å²) in [6, 6.07) is 6.55. The number of hydrogen-bond donors (Lipinski definition) is 1. The Labute approximate surface area is 116 Å². The van der Waals surface area contributed by atoms with Gasteiger partial charge in [-0.3, -0.25) is 4.90 Å². The van der Waals surface area contributed by atoms with Crippen molar-refractivity contribution in [2.75, 3.05) is 20.1 Å². The average molecular weight is 264 g/mol. The van der Waals surface area contributed by atoms with Crippen LogP contribution in [0.2, 0.25) is 0 Å². The second kappa shape index (κ2) is 6.02. The van der Waals surface area contributed by atoms with E-state index in [2.05, 4.69) is 30.1 Å². The molecule has 1 aromatic rings. The Kier molecular flexibility index (Phi) is 4.58. The molecular formula is C16H25FN2. The predicted molar refractivity (Wildman–Crippen MR) is 77.8 cm³/mol. The molecule has 19 heavy (non-hydrogen) atoms. The van der Waals surface area contributed by atoms with Crippen LogP contribution in [0.1, 0.15) is 37.4 Å². The molecule has 1 heterocycles. The minimum atomic E-state index is -0.0867. The molecule has 0 spiro atoms. The van der Waals surface area contributed by atoms with Gasteiger partial charge in [-0.2, -0.15) is 0 Å². The molecule has 0 amide bonds. The molecule has 3 heteroatoms. The van der Waals surface area contributed by atoms with Crippen LogP contribution >= 0.6 is 0 Å². The van der Waals surface area contributed by atoms with Gasteiger partial charge >= 0.3 is 0 Å². The summed E-state index contributed by atoms with van der Waals surface area (Å²) in [5.74, 6) is 0.478. The number of likely N-dealkylation sites (tertiary alicyclic amines) is 1. The van der Waals surface area contributed by atoms with Gasteiger partial charge in [-0.15, -0.1) is 0 Å². The van der Waals surface area contributed by atoms with E-state index in [4.69, 9.17) is 0 Å². The fourth-order valence-electron chi connectivity index (χ4n) is 3.19.